The summed E-state index contributed by atoms with van der Waals surface area (Å²) in [5, 5.41) is 12.1. The van der Waals surface area contributed by atoms with Crippen LogP contribution in [0.3, 0.4) is 0 Å². The standard InChI is InChI=1S/C21H23NO3/c23-20(22-19-12-10-18(11-13-19)21(24)25)14-15-6-8-17(9-7-15)16-4-2-1-3-5-16/h1-9,18-19H,10-14H2,(H,22,23)(H,24,25). The van der Waals surface area contributed by atoms with Crippen molar-refractivity contribution in [3.8, 4) is 11.1 Å². The second-order valence-electron chi connectivity index (χ2n) is 6.69. The topological polar surface area (TPSA) is 66.4 Å². The summed E-state index contributed by atoms with van der Waals surface area (Å²) in [5.74, 6) is -0.965. The lowest BCUT2D eigenvalue weighted by molar-refractivity contribution is -0.142. The van der Waals surface area contributed by atoms with Crippen molar-refractivity contribution in [3.63, 3.8) is 0 Å². The number of amides is 1. The van der Waals surface area contributed by atoms with Gasteiger partial charge in [-0.15, -0.1) is 0 Å². The van der Waals surface area contributed by atoms with E-state index in [1.54, 1.807) is 0 Å². The van der Waals surface area contributed by atoms with E-state index in [9.17, 15) is 9.59 Å². The molecule has 4 heteroatoms. The molecule has 1 amide bonds. The Labute approximate surface area is 147 Å². The molecule has 4 nitrogen and oxygen atoms in total. The Morgan fingerprint density at radius 3 is 2.08 bits per heavy atom. The molecule has 0 unspecified atom stereocenters. The van der Waals surface area contributed by atoms with E-state index < -0.39 is 5.97 Å². The van der Waals surface area contributed by atoms with Gasteiger partial charge in [-0.25, -0.2) is 0 Å². The molecule has 3 rings (SSSR count). The van der Waals surface area contributed by atoms with Crippen LogP contribution in [-0.2, 0) is 16.0 Å². The second-order valence-corrected chi connectivity index (χ2v) is 6.69. The molecule has 2 aromatic carbocycles. The average Bonchev–Trinajstić information content (AvgIpc) is 2.63. The number of nitrogens with one attached hydrogen (secondary N) is 1. The first-order valence-electron chi connectivity index (χ1n) is 8.78. The fourth-order valence-electron chi connectivity index (χ4n) is 3.39. The first-order valence-corrected chi connectivity index (χ1v) is 8.78. The van der Waals surface area contributed by atoms with Crippen molar-refractivity contribution in [2.75, 3.05) is 0 Å². The van der Waals surface area contributed by atoms with Gasteiger partial charge in [0.15, 0.2) is 0 Å². The summed E-state index contributed by atoms with van der Waals surface area (Å²) >= 11 is 0. The van der Waals surface area contributed by atoms with Gasteiger partial charge in [-0.1, -0.05) is 54.6 Å². The van der Waals surface area contributed by atoms with Crippen LogP contribution in [0.5, 0.6) is 0 Å². The smallest absolute Gasteiger partial charge is 0.306 e. The van der Waals surface area contributed by atoms with Crippen molar-refractivity contribution in [2.45, 2.75) is 38.1 Å². The molecule has 2 N–H and O–H groups in total. The number of hydrogen-bond donors (Lipinski definition) is 2. The third kappa shape index (κ3) is 4.69. The van der Waals surface area contributed by atoms with Gasteiger partial charge in [0.1, 0.15) is 0 Å². The molecule has 0 heterocycles. The number of hydrogen-bond acceptors (Lipinski definition) is 2. The molecule has 1 fully saturated rings. The third-order valence-corrected chi connectivity index (χ3v) is 4.87. The predicted molar refractivity (Wildman–Crippen MR) is 97.1 cm³/mol. The zero-order valence-corrected chi connectivity index (χ0v) is 14.2. The molecule has 0 spiro atoms. The van der Waals surface area contributed by atoms with Crippen LogP contribution < -0.4 is 5.32 Å². The maximum Gasteiger partial charge on any atom is 0.306 e. The van der Waals surface area contributed by atoms with Crippen LogP contribution >= 0.6 is 0 Å². The highest BCUT2D eigenvalue weighted by Crippen LogP contribution is 2.24. The number of carbonyl (C=O) groups excluding carboxylic acids is 1. The minimum Gasteiger partial charge on any atom is -0.481 e. The van der Waals surface area contributed by atoms with Crippen molar-refractivity contribution < 1.29 is 14.7 Å². The van der Waals surface area contributed by atoms with Crippen molar-refractivity contribution in [1.29, 1.82) is 0 Å². The average molecular weight is 337 g/mol. The first kappa shape index (κ1) is 17.2. The highest BCUT2D eigenvalue weighted by molar-refractivity contribution is 5.79. The van der Waals surface area contributed by atoms with Gasteiger partial charge in [-0.05, 0) is 42.4 Å². The van der Waals surface area contributed by atoms with E-state index in [-0.39, 0.29) is 17.9 Å². The SMILES string of the molecule is O=C(Cc1ccc(-c2ccccc2)cc1)NC1CCC(C(=O)O)CC1. The lowest BCUT2D eigenvalue weighted by Gasteiger charge is -2.26. The largest absolute Gasteiger partial charge is 0.481 e. The zero-order valence-electron chi connectivity index (χ0n) is 14.2. The minimum atomic E-state index is -0.719. The van der Waals surface area contributed by atoms with Gasteiger partial charge < -0.3 is 10.4 Å². The Kier molecular flexibility index (Phi) is 5.49. The van der Waals surface area contributed by atoms with Crippen LogP contribution in [0.1, 0.15) is 31.2 Å². The highest BCUT2D eigenvalue weighted by atomic mass is 16.4. The van der Waals surface area contributed by atoms with E-state index in [1.165, 1.54) is 0 Å². The third-order valence-electron chi connectivity index (χ3n) is 4.87. The molecule has 130 valence electrons. The van der Waals surface area contributed by atoms with Crippen LogP contribution in [0.4, 0.5) is 0 Å². The molecule has 1 aliphatic rings. The molecule has 2 aromatic rings. The lowest BCUT2D eigenvalue weighted by Crippen LogP contribution is -2.39. The maximum atomic E-state index is 12.2. The van der Waals surface area contributed by atoms with E-state index in [0.29, 0.717) is 19.3 Å². The molecule has 0 saturated heterocycles. The van der Waals surface area contributed by atoms with E-state index >= 15 is 0 Å². The molecule has 1 saturated carbocycles. The van der Waals surface area contributed by atoms with Crippen LogP contribution in [-0.4, -0.2) is 23.0 Å². The summed E-state index contributed by atoms with van der Waals surface area (Å²) in [7, 11) is 0. The second kappa shape index (κ2) is 7.97. The highest BCUT2D eigenvalue weighted by Gasteiger charge is 2.26. The van der Waals surface area contributed by atoms with Gasteiger partial charge in [0.05, 0.1) is 12.3 Å². The summed E-state index contributed by atoms with van der Waals surface area (Å²) in [6, 6.07) is 18.3. The molecular weight excluding hydrogens is 314 g/mol. The molecule has 25 heavy (non-hydrogen) atoms. The minimum absolute atomic E-state index is 0.00577. The van der Waals surface area contributed by atoms with Crippen molar-refractivity contribution in [1.82, 2.24) is 5.32 Å². The molecule has 0 bridgehead atoms. The summed E-state index contributed by atoms with van der Waals surface area (Å²) in [6.07, 6.45) is 3.14. The van der Waals surface area contributed by atoms with E-state index in [0.717, 1.165) is 29.5 Å². The number of carboxylic acid groups (broad SMARTS) is 1. The Bertz CT molecular complexity index is 717. The van der Waals surface area contributed by atoms with Gasteiger partial charge in [0.25, 0.3) is 0 Å². The van der Waals surface area contributed by atoms with Crippen molar-refractivity contribution in [3.05, 3.63) is 60.2 Å². The zero-order chi connectivity index (χ0) is 17.6. The molecular formula is C21H23NO3. The number of aliphatic carboxylic acids is 1. The van der Waals surface area contributed by atoms with Gasteiger partial charge in [-0.2, -0.15) is 0 Å². The molecule has 0 atom stereocenters. The van der Waals surface area contributed by atoms with E-state index in [2.05, 4.69) is 17.4 Å². The Balaban J connectivity index is 1.51. The van der Waals surface area contributed by atoms with Gasteiger partial charge in [0, 0.05) is 6.04 Å². The van der Waals surface area contributed by atoms with Crippen LogP contribution in [0.15, 0.2) is 54.6 Å². The van der Waals surface area contributed by atoms with Crippen LogP contribution in [0, 0.1) is 5.92 Å². The summed E-state index contributed by atoms with van der Waals surface area (Å²) in [5.41, 5.74) is 3.28. The monoisotopic (exact) mass is 337 g/mol. The number of rotatable bonds is 5. The Hall–Kier alpha value is -2.62. The Morgan fingerprint density at radius 1 is 0.880 bits per heavy atom. The van der Waals surface area contributed by atoms with E-state index in [1.807, 2.05) is 42.5 Å². The number of benzene rings is 2. The van der Waals surface area contributed by atoms with E-state index in [4.69, 9.17) is 5.11 Å². The van der Waals surface area contributed by atoms with Crippen molar-refractivity contribution >= 4 is 11.9 Å². The maximum absolute atomic E-state index is 12.2. The van der Waals surface area contributed by atoms with Crippen molar-refractivity contribution in [2.24, 2.45) is 5.92 Å². The Morgan fingerprint density at radius 2 is 1.48 bits per heavy atom. The number of carbonyl (C=O) groups is 2. The first-order chi connectivity index (χ1) is 12.1. The quantitative estimate of drug-likeness (QED) is 0.875. The summed E-state index contributed by atoms with van der Waals surface area (Å²) in [4.78, 5) is 23.2. The van der Waals surface area contributed by atoms with Crippen LogP contribution in [0.25, 0.3) is 11.1 Å². The molecule has 1 aliphatic carbocycles. The number of carboxylic acids is 1. The fraction of sp³-hybridized carbons (Fsp3) is 0.333. The summed E-state index contributed by atoms with van der Waals surface area (Å²) < 4.78 is 0. The van der Waals surface area contributed by atoms with Gasteiger partial charge in [-0.3, -0.25) is 9.59 Å². The fourth-order valence-corrected chi connectivity index (χ4v) is 3.39. The van der Waals surface area contributed by atoms with Gasteiger partial charge >= 0.3 is 5.97 Å². The molecule has 0 radical (unpaired) electrons. The van der Waals surface area contributed by atoms with Gasteiger partial charge in [0.2, 0.25) is 5.91 Å². The molecule has 0 aromatic heterocycles. The predicted octanol–water partition coefficient (Wildman–Crippen LogP) is 3.66. The normalized spacial score (nSPS) is 20.0. The summed E-state index contributed by atoms with van der Waals surface area (Å²) in [6.45, 7) is 0. The van der Waals surface area contributed by atoms with Crippen LogP contribution in [0.2, 0.25) is 0 Å². The molecule has 0 aliphatic heterocycles. The lowest BCUT2D eigenvalue weighted by atomic mass is 9.86.